The minimum atomic E-state index is -1.60. The van der Waals surface area contributed by atoms with Gasteiger partial charge in [0.1, 0.15) is 6.61 Å². The van der Waals surface area contributed by atoms with E-state index in [1.807, 2.05) is 48.5 Å². The van der Waals surface area contributed by atoms with Gasteiger partial charge in [0.25, 0.3) is 0 Å². The summed E-state index contributed by atoms with van der Waals surface area (Å²) >= 11 is 0. The third kappa shape index (κ3) is 3.21. The maximum atomic E-state index is 13.8. The third-order valence-electron chi connectivity index (χ3n) is 9.09. The van der Waals surface area contributed by atoms with E-state index >= 15 is 0 Å². The monoisotopic (exact) mass is 502 g/mol. The van der Waals surface area contributed by atoms with Crippen LogP contribution in [-0.4, -0.2) is 39.2 Å². The van der Waals surface area contributed by atoms with Crippen LogP contribution in [0.5, 0.6) is 0 Å². The molecule has 0 saturated heterocycles. The van der Waals surface area contributed by atoms with E-state index in [-0.39, 0.29) is 45.1 Å². The number of benzene rings is 3. The Morgan fingerprint density at radius 2 is 1.00 bits per heavy atom. The average Bonchev–Trinajstić information content (AvgIpc) is 2.85. The highest BCUT2D eigenvalue weighted by Gasteiger charge is 2.76. The summed E-state index contributed by atoms with van der Waals surface area (Å²) in [5, 5.41) is 34.3. The van der Waals surface area contributed by atoms with Crippen LogP contribution in [0, 0.1) is 21.7 Å². The molecule has 4 fully saturated rings. The lowest BCUT2D eigenvalue weighted by Crippen LogP contribution is -2.68. The molecule has 0 spiro atoms. The Kier molecular flexibility index (Phi) is 4.78. The zero-order valence-electron chi connectivity index (χ0n) is 20.0. The lowest BCUT2D eigenvalue weighted by atomic mass is 9.35. The van der Waals surface area contributed by atoms with Crippen molar-refractivity contribution in [3.63, 3.8) is 0 Å². The van der Waals surface area contributed by atoms with Crippen molar-refractivity contribution < 1.29 is 39.2 Å². The van der Waals surface area contributed by atoms with Gasteiger partial charge in [0.2, 0.25) is 0 Å². The van der Waals surface area contributed by atoms with Crippen molar-refractivity contribution in [2.45, 2.75) is 45.1 Å². The Hall–Kier alpha value is -3.94. The highest BCUT2D eigenvalue weighted by atomic mass is 16.5. The van der Waals surface area contributed by atoms with Crippen molar-refractivity contribution >= 4 is 45.4 Å². The topological polar surface area (TPSA) is 138 Å². The molecule has 8 heteroatoms. The summed E-state index contributed by atoms with van der Waals surface area (Å²) in [6, 6.07) is 17.5. The first-order valence-corrected chi connectivity index (χ1v) is 12.3. The van der Waals surface area contributed by atoms with Gasteiger partial charge in [-0.25, -0.2) is 0 Å². The summed E-state index contributed by atoms with van der Waals surface area (Å²) in [6.45, 7) is -0.0946. The van der Waals surface area contributed by atoms with Crippen LogP contribution in [0.25, 0.3) is 21.5 Å². The number of ether oxygens (including phenoxy) is 1. The molecule has 3 aromatic rings. The van der Waals surface area contributed by atoms with Gasteiger partial charge in [0.15, 0.2) is 0 Å². The van der Waals surface area contributed by atoms with Gasteiger partial charge >= 0.3 is 23.9 Å². The molecule has 0 heterocycles. The van der Waals surface area contributed by atoms with Gasteiger partial charge in [0, 0.05) is 5.56 Å². The molecule has 0 aromatic heterocycles. The summed E-state index contributed by atoms with van der Waals surface area (Å²) in [5.74, 6) is -4.47. The lowest BCUT2D eigenvalue weighted by molar-refractivity contribution is -0.231. The van der Waals surface area contributed by atoms with Crippen LogP contribution in [0.4, 0.5) is 0 Å². The number of hydrogen-bond acceptors (Lipinski definition) is 5. The van der Waals surface area contributed by atoms with E-state index in [1.54, 1.807) is 0 Å². The Morgan fingerprint density at radius 3 is 1.41 bits per heavy atom. The first-order valence-electron chi connectivity index (χ1n) is 12.3. The highest BCUT2D eigenvalue weighted by Crippen LogP contribution is 2.74. The van der Waals surface area contributed by atoms with Gasteiger partial charge in [-0.05, 0) is 66.1 Å². The molecule has 4 aliphatic carbocycles. The summed E-state index contributed by atoms with van der Waals surface area (Å²) < 4.78 is 5.89. The summed E-state index contributed by atoms with van der Waals surface area (Å²) in [7, 11) is 0. The van der Waals surface area contributed by atoms with Crippen LogP contribution in [-0.2, 0) is 30.5 Å². The Bertz CT molecular complexity index is 1380. The van der Waals surface area contributed by atoms with Gasteiger partial charge in [0.05, 0.1) is 21.7 Å². The molecule has 3 aromatic carbocycles. The van der Waals surface area contributed by atoms with E-state index in [0.717, 1.165) is 27.1 Å². The van der Waals surface area contributed by atoms with E-state index in [1.165, 1.54) is 0 Å². The average molecular weight is 503 g/mol. The molecular formula is C29H26O8. The fourth-order valence-corrected chi connectivity index (χ4v) is 8.09. The van der Waals surface area contributed by atoms with Crippen molar-refractivity contribution in [2.24, 2.45) is 21.7 Å². The molecule has 37 heavy (non-hydrogen) atoms. The van der Waals surface area contributed by atoms with E-state index in [4.69, 9.17) is 4.74 Å². The van der Waals surface area contributed by atoms with E-state index in [2.05, 4.69) is 6.07 Å². The van der Waals surface area contributed by atoms with E-state index in [0.29, 0.717) is 0 Å². The molecule has 0 atom stereocenters. The van der Waals surface area contributed by atoms with Crippen LogP contribution < -0.4 is 0 Å². The normalized spacial score (nSPS) is 31.9. The number of fused-ring (bicyclic) bond motifs is 2. The van der Waals surface area contributed by atoms with E-state index < -0.39 is 45.5 Å². The highest BCUT2D eigenvalue weighted by molar-refractivity contribution is 6.02. The lowest BCUT2D eigenvalue weighted by Gasteiger charge is -2.65. The van der Waals surface area contributed by atoms with Crippen molar-refractivity contribution in [2.75, 3.05) is 0 Å². The SMILES string of the molecule is O=C(O)C12CC3(C(=O)O)CC(C(=O)O)(C1)CC(C(=O)OCc1c4ccccc4cc4ccccc14)(C2)C3. The first-order chi connectivity index (χ1) is 17.5. The second-order valence-electron chi connectivity index (χ2n) is 11.5. The molecule has 0 radical (unpaired) electrons. The molecule has 0 amide bonds. The van der Waals surface area contributed by atoms with Gasteiger partial charge in [-0.1, -0.05) is 48.5 Å². The van der Waals surface area contributed by atoms with Crippen LogP contribution in [0.3, 0.4) is 0 Å². The number of carbonyl (C=O) groups excluding carboxylic acids is 1. The van der Waals surface area contributed by atoms with Crippen LogP contribution >= 0.6 is 0 Å². The summed E-state index contributed by atoms with van der Waals surface area (Å²) in [5.41, 5.74) is -5.51. The van der Waals surface area contributed by atoms with Gasteiger partial charge in [-0.3, -0.25) is 19.2 Å². The molecular weight excluding hydrogens is 476 g/mol. The molecule has 7 rings (SSSR count). The minimum absolute atomic E-state index is 0.0946. The molecule has 4 bridgehead atoms. The molecule has 0 unspecified atom stereocenters. The third-order valence-corrected chi connectivity index (χ3v) is 9.09. The Morgan fingerprint density at radius 1 is 0.622 bits per heavy atom. The second kappa shape index (κ2) is 7.54. The number of rotatable bonds is 6. The maximum Gasteiger partial charge on any atom is 0.312 e. The fraction of sp³-hybridized carbons (Fsp3) is 0.379. The first kappa shape index (κ1) is 23.5. The van der Waals surface area contributed by atoms with Gasteiger partial charge in [-0.15, -0.1) is 0 Å². The zero-order chi connectivity index (χ0) is 26.2. The number of carboxylic acid groups (broad SMARTS) is 3. The smallest absolute Gasteiger partial charge is 0.312 e. The molecule has 0 aliphatic heterocycles. The van der Waals surface area contributed by atoms with Crippen LogP contribution in [0.1, 0.15) is 44.1 Å². The Balaban J connectivity index is 1.42. The van der Waals surface area contributed by atoms with Crippen molar-refractivity contribution in [1.82, 2.24) is 0 Å². The maximum absolute atomic E-state index is 13.8. The number of hydrogen-bond donors (Lipinski definition) is 3. The standard InChI is InChI=1S/C29H26O8/c30-22(31)26-11-27(23(32)33)13-28(12-26,24(34)35)16-29(14-26,15-27)25(36)37-10-21-19-7-3-1-5-17(19)9-18-6-2-4-8-20(18)21/h1-9H,10-16H2,(H,30,31)(H,32,33)(H,34,35). The number of aliphatic carboxylic acids is 3. The van der Waals surface area contributed by atoms with Crippen molar-refractivity contribution in [1.29, 1.82) is 0 Å². The largest absolute Gasteiger partial charge is 0.481 e. The number of carbonyl (C=O) groups is 4. The predicted molar refractivity (Wildman–Crippen MR) is 132 cm³/mol. The molecule has 3 N–H and O–H groups in total. The van der Waals surface area contributed by atoms with Gasteiger partial charge in [-0.2, -0.15) is 0 Å². The second-order valence-corrected chi connectivity index (χ2v) is 11.5. The minimum Gasteiger partial charge on any atom is -0.481 e. The van der Waals surface area contributed by atoms with Crippen molar-refractivity contribution in [3.8, 4) is 0 Å². The zero-order valence-corrected chi connectivity index (χ0v) is 20.0. The van der Waals surface area contributed by atoms with Crippen molar-refractivity contribution in [3.05, 3.63) is 60.2 Å². The molecule has 190 valence electrons. The fourth-order valence-electron chi connectivity index (χ4n) is 8.09. The predicted octanol–water partition coefficient (Wildman–Crippen LogP) is 4.62. The molecule has 4 aliphatic rings. The number of carboxylic acids is 3. The summed E-state index contributed by atoms with van der Waals surface area (Å²) in [6.07, 6.45) is -0.883. The number of esters is 1. The van der Waals surface area contributed by atoms with E-state index in [9.17, 15) is 34.5 Å². The van der Waals surface area contributed by atoms with Gasteiger partial charge < -0.3 is 20.1 Å². The quantitative estimate of drug-likeness (QED) is 0.328. The van der Waals surface area contributed by atoms with Crippen LogP contribution in [0.15, 0.2) is 54.6 Å². The summed E-state index contributed by atoms with van der Waals surface area (Å²) in [4.78, 5) is 51.3. The van der Waals surface area contributed by atoms with Crippen LogP contribution in [0.2, 0.25) is 0 Å². The Labute approximate surface area is 211 Å². The molecule has 8 nitrogen and oxygen atoms in total. The molecule has 4 saturated carbocycles.